The summed E-state index contributed by atoms with van der Waals surface area (Å²) in [5.74, 6) is -1.41. The molecule has 4 fully saturated rings. The number of hydrogen-bond donors (Lipinski definition) is 2. The zero-order valence-corrected chi connectivity index (χ0v) is 31.6. The van der Waals surface area contributed by atoms with Crippen LogP contribution in [0.3, 0.4) is 0 Å². The smallest absolute Gasteiger partial charge is 0.309 e. The minimum Gasteiger partial charge on any atom is -0.481 e. The molecule has 5 aliphatic rings. The van der Waals surface area contributed by atoms with Gasteiger partial charge in [-0.05, 0) is 104 Å². The van der Waals surface area contributed by atoms with Crippen LogP contribution in [0.5, 0.6) is 0 Å². The van der Waals surface area contributed by atoms with Gasteiger partial charge in [0.05, 0.1) is 12.0 Å². The lowest BCUT2D eigenvalue weighted by atomic mass is 9.33. The molecule has 5 rings (SSSR count). The van der Waals surface area contributed by atoms with Gasteiger partial charge < -0.3 is 14.9 Å². The van der Waals surface area contributed by atoms with Crippen molar-refractivity contribution in [2.45, 2.75) is 183 Å². The predicted octanol–water partition coefficient (Wildman–Crippen LogP) is 10.7. The minimum absolute atomic E-state index is 0.0553. The van der Waals surface area contributed by atoms with Gasteiger partial charge in [-0.25, -0.2) is 0 Å². The number of hydrogen-bond acceptors (Lipinski definition) is 4. The van der Waals surface area contributed by atoms with Crippen molar-refractivity contribution in [2.75, 3.05) is 6.61 Å². The lowest BCUT2D eigenvalue weighted by Gasteiger charge is -2.71. The fourth-order valence-electron chi connectivity index (χ4n) is 12.4. The van der Waals surface area contributed by atoms with Gasteiger partial charge in [-0.15, -0.1) is 0 Å². The van der Waals surface area contributed by atoms with Gasteiger partial charge in [0.1, 0.15) is 0 Å². The highest BCUT2D eigenvalue weighted by molar-refractivity contribution is 5.95. The van der Waals surface area contributed by atoms with E-state index >= 15 is 0 Å². The molecule has 0 heterocycles. The summed E-state index contributed by atoms with van der Waals surface area (Å²) < 4.78 is 6.47. The van der Waals surface area contributed by atoms with Gasteiger partial charge in [0, 0.05) is 17.8 Å². The van der Waals surface area contributed by atoms with Gasteiger partial charge in [0.2, 0.25) is 0 Å². The first-order valence-electron chi connectivity index (χ1n) is 19.8. The third-order valence-electron chi connectivity index (χ3n) is 16.1. The highest BCUT2D eigenvalue weighted by atomic mass is 16.6. The quantitative estimate of drug-likeness (QED) is 0.152. The number of fused-ring (bicyclic) bond motifs is 7. The normalized spacial score (nSPS) is 44.1. The van der Waals surface area contributed by atoms with Gasteiger partial charge in [0.25, 0.3) is 0 Å². The van der Waals surface area contributed by atoms with Crippen molar-refractivity contribution < 1.29 is 24.5 Å². The van der Waals surface area contributed by atoms with E-state index in [1.807, 2.05) is 13.0 Å². The number of allylic oxidation sites excluding steroid dienone is 2. The number of ketones is 1. The molecule has 0 spiro atoms. The number of ether oxygens (including phenoxy) is 1. The van der Waals surface area contributed by atoms with Crippen LogP contribution in [0.15, 0.2) is 11.6 Å². The van der Waals surface area contributed by atoms with Crippen LogP contribution in [0.25, 0.3) is 0 Å². The Morgan fingerprint density at radius 2 is 1.40 bits per heavy atom. The Morgan fingerprint density at radius 3 is 2.02 bits per heavy atom. The van der Waals surface area contributed by atoms with Crippen molar-refractivity contribution >= 4 is 11.8 Å². The van der Waals surface area contributed by atoms with Crippen LogP contribution in [0.4, 0.5) is 0 Å². The standard InChI is InChI=1S/C42H70O5/c1-9-10-11-12-13-14-15-16-17-18-27-47-42(46)26-24-39(6)33(36(42,2)3)19-20-41(8)34(39)32(43)28-30-31-29-38(5,35(44)45)22-21-37(31,4)23-25-40(30,41)7/h28,31,33-34,46H,9-27,29H2,1-8H3,(H,44,45)/t31-,33?,34-,37-,38+,39+,40-,41-,42-/m1/s1. The molecule has 0 amide bonds. The van der Waals surface area contributed by atoms with Crippen LogP contribution in [0, 0.1) is 50.2 Å². The first-order chi connectivity index (χ1) is 21.9. The van der Waals surface area contributed by atoms with E-state index in [0.29, 0.717) is 25.9 Å². The van der Waals surface area contributed by atoms with Crippen molar-refractivity contribution in [2.24, 2.45) is 50.2 Å². The van der Waals surface area contributed by atoms with E-state index in [4.69, 9.17) is 4.74 Å². The lowest BCUT2D eigenvalue weighted by molar-refractivity contribution is -0.328. The van der Waals surface area contributed by atoms with Crippen LogP contribution in [0.1, 0.15) is 177 Å². The first-order valence-corrected chi connectivity index (χ1v) is 19.8. The zero-order valence-electron chi connectivity index (χ0n) is 31.6. The fraction of sp³-hybridized carbons (Fsp3) is 0.905. The van der Waals surface area contributed by atoms with Crippen LogP contribution in [-0.4, -0.2) is 34.4 Å². The maximum absolute atomic E-state index is 14.6. The Hall–Kier alpha value is -1.20. The van der Waals surface area contributed by atoms with Crippen molar-refractivity contribution in [3.63, 3.8) is 0 Å². The highest BCUT2D eigenvalue weighted by Crippen LogP contribution is 2.75. The van der Waals surface area contributed by atoms with E-state index in [9.17, 15) is 19.8 Å². The number of carbonyl (C=O) groups is 2. The number of aliphatic carboxylic acids is 1. The average molecular weight is 655 g/mol. The lowest BCUT2D eigenvalue weighted by Crippen LogP contribution is -2.69. The Labute approximate surface area is 287 Å². The topological polar surface area (TPSA) is 83.8 Å². The fourth-order valence-corrected chi connectivity index (χ4v) is 12.4. The molecule has 47 heavy (non-hydrogen) atoms. The summed E-state index contributed by atoms with van der Waals surface area (Å²) in [6.45, 7) is 18.7. The van der Waals surface area contributed by atoms with E-state index in [1.165, 1.54) is 56.9 Å². The minimum atomic E-state index is -1.18. The average Bonchev–Trinajstić information content (AvgIpc) is 3.00. The maximum atomic E-state index is 14.6. The number of rotatable bonds is 13. The second kappa shape index (κ2) is 13.2. The number of aliphatic hydroxyl groups is 1. The number of unbranched alkanes of at least 4 members (excludes halogenated alkanes) is 9. The molecule has 4 saturated carbocycles. The molecule has 5 heteroatoms. The van der Waals surface area contributed by atoms with Gasteiger partial charge in [0.15, 0.2) is 11.6 Å². The van der Waals surface area contributed by atoms with Crippen LogP contribution < -0.4 is 0 Å². The first kappa shape index (κ1) is 37.1. The molecule has 5 nitrogen and oxygen atoms in total. The Bertz CT molecular complexity index is 1210. The molecule has 0 aliphatic heterocycles. The van der Waals surface area contributed by atoms with E-state index in [-0.39, 0.29) is 45.2 Å². The van der Waals surface area contributed by atoms with E-state index in [1.54, 1.807) is 0 Å². The van der Waals surface area contributed by atoms with Crippen molar-refractivity contribution in [1.29, 1.82) is 0 Å². The van der Waals surface area contributed by atoms with Crippen LogP contribution in [0.2, 0.25) is 0 Å². The molecule has 0 radical (unpaired) electrons. The summed E-state index contributed by atoms with van der Waals surface area (Å²) in [5, 5.41) is 22.3. The molecule has 2 N–H and O–H groups in total. The summed E-state index contributed by atoms with van der Waals surface area (Å²) >= 11 is 0. The molecular formula is C42H70O5. The molecule has 0 saturated heterocycles. The predicted molar refractivity (Wildman–Crippen MR) is 190 cm³/mol. The van der Waals surface area contributed by atoms with Gasteiger partial charge >= 0.3 is 5.97 Å². The monoisotopic (exact) mass is 655 g/mol. The SMILES string of the molecule is CCCCCCCCCCCCO[C@]1(O)CC[C@@]2(C)C(CC[C@]3(C)[C@@H]2C(=O)C=C2[C@H]4C[C@@](C)(C(=O)O)CC[C@]4(C)CC[C@]23C)C1(C)C. The molecule has 0 bridgehead atoms. The van der Waals surface area contributed by atoms with Crippen molar-refractivity contribution in [3.05, 3.63) is 11.6 Å². The largest absolute Gasteiger partial charge is 0.481 e. The summed E-state index contributed by atoms with van der Waals surface area (Å²) in [7, 11) is 0. The van der Waals surface area contributed by atoms with Crippen molar-refractivity contribution in [1.82, 2.24) is 0 Å². The highest BCUT2D eigenvalue weighted by Gasteiger charge is 2.72. The number of carboxylic acid groups (broad SMARTS) is 1. The third kappa shape index (κ3) is 6.02. The summed E-state index contributed by atoms with van der Waals surface area (Å²) in [6.07, 6.45) is 22.5. The molecular weight excluding hydrogens is 584 g/mol. The van der Waals surface area contributed by atoms with E-state index in [0.717, 1.165) is 51.4 Å². The zero-order chi connectivity index (χ0) is 34.5. The van der Waals surface area contributed by atoms with Crippen LogP contribution in [-0.2, 0) is 14.3 Å². The van der Waals surface area contributed by atoms with Crippen LogP contribution >= 0.6 is 0 Å². The van der Waals surface area contributed by atoms with Gasteiger partial charge in [-0.3, -0.25) is 9.59 Å². The van der Waals surface area contributed by atoms with Gasteiger partial charge in [-0.2, -0.15) is 0 Å². The second-order valence-electron chi connectivity index (χ2n) is 19.1. The van der Waals surface area contributed by atoms with E-state index < -0.39 is 22.6 Å². The Balaban J connectivity index is 1.29. The molecule has 5 aliphatic carbocycles. The summed E-state index contributed by atoms with van der Waals surface area (Å²) in [4.78, 5) is 27.1. The Kier molecular flexibility index (Phi) is 10.4. The van der Waals surface area contributed by atoms with Gasteiger partial charge in [-0.1, -0.05) is 112 Å². The molecule has 9 atom stereocenters. The molecule has 0 aromatic rings. The maximum Gasteiger partial charge on any atom is 0.309 e. The van der Waals surface area contributed by atoms with Crippen molar-refractivity contribution in [3.8, 4) is 0 Å². The molecule has 0 aromatic carbocycles. The molecule has 268 valence electrons. The number of carbonyl (C=O) groups excluding carboxylic acids is 1. The molecule has 1 unspecified atom stereocenters. The summed E-state index contributed by atoms with van der Waals surface area (Å²) in [6, 6.07) is 0. The molecule has 0 aromatic heterocycles. The van der Waals surface area contributed by atoms with E-state index in [2.05, 4.69) is 48.5 Å². The second-order valence-corrected chi connectivity index (χ2v) is 19.1. The Morgan fingerprint density at radius 1 is 0.809 bits per heavy atom. The number of carboxylic acids is 1. The summed E-state index contributed by atoms with van der Waals surface area (Å²) in [5.41, 5.74) is -0.448. The third-order valence-corrected chi connectivity index (χ3v) is 16.1.